The summed E-state index contributed by atoms with van der Waals surface area (Å²) in [6.07, 6.45) is 4.24. The molecular weight excluding hydrogens is 250 g/mol. The van der Waals surface area contributed by atoms with Gasteiger partial charge in [-0.2, -0.15) is 0 Å². The Kier molecular flexibility index (Phi) is 2.33. The van der Waals surface area contributed by atoms with Crippen molar-refractivity contribution in [1.29, 1.82) is 0 Å². The lowest BCUT2D eigenvalue weighted by molar-refractivity contribution is -0.880. The van der Waals surface area contributed by atoms with Crippen molar-refractivity contribution in [2.75, 3.05) is 19.0 Å². The third-order valence-corrected chi connectivity index (χ3v) is 3.89. The molecule has 0 spiro atoms. The maximum atomic E-state index is 6.13. The zero-order chi connectivity index (χ0) is 13.7. The van der Waals surface area contributed by atoms with Gasteiger partial charge in [-0.3, -0.25) is 0 Å². The van der Waals surface area contributed by atoms with E-state index in [2.05, 4.69) is 58.7 Å². The Bertz CT molecular complexity index is 721. The lowest BCUT2D eigenvalue weighted by Gasteiger charge is -2.13. The Balaban J connectivity index is 1.79. The molecule has 4 nitrogen and oxygen atoms in total. The number of anilines is 1. The molecule has 0 bridgehead atoms. The molecule has 20 heavy (non-hydrogen) atoms. The van der Waals surface area contributed by atoms with E-state index < -0.39 is 0 Å². The van der Waals surface area contributed by atoms with Crippen LogP contribution in [0.4, 0.5) is 5.69 Å². The van der Waals surface area contributed by atoms with Gasteiger partial charge in [0.05, 0.1) is 5.56 Å². The van der Waals surface area contributed by atoms with Crippen molar-refractivity contribution < 1.29 is 13.9 Å². The zero-order valence-electron chi connectivity index (χ0n) is 11.7. The molecule has 4 heteroatoms. The van der Waals surface area contributed by atoms with E-state index in [0.29, 0.717) is 0 Å². The number of pyridine rings is 1. The molecule has 1 aromatic heterocycles. The lowest BCUT2D eigenvalue weighted by Crippen LogP contribution is -2.45. The molecule has 1 unspecified atom stereocenters. The van der Waals surface area contributed by atoms with Crippen molar-refractivity contribution in [1.82, 2.24) is 0 Å². The van der Waals surface area contributed by atoms with Crippen LogP contribution in [0, 0.1) is 0 Å². The number of para-hydroxylation sites is 1. The van der Waals surface area contributed by atoms with E-state index in [-0.39, 0.29) is 6.35 Å². The molecule has 0 radical (unpaired) electrons. The van der Waals surface area contributed by atoms with Gasteiger partial charge in [-0.25, -0.2) is 0 Å². The molecule has 3 heterocycles. The fourth-order valence-electron chi connectivity index (χ4n) is 2.81. The zero-order valence-corrected chi connectivity index (χ0v) is 11.7. The van der Waals surface area contributed by atoms with Gasteiger partial charge >= 0.3 is 6.35 Å². The Hall–Kier alpha value is -2.36. The monoisotopic (exact) mass is 267 g/mol. The molecule has 100 valence electrons. The highest BCUT2D eigenvalue weighted by Gasteiger charge is 2.46. The Morgan fingerprint density at radius 1 is 1.20 bits per heavy atom. The maximum Gasteiger partial charge on any atom is 0.512 e. The number of ether oxygens (including phenoxy) is 1. The fraction of sp³-hybridized carbons (Fsp3) is 0.250. The second-order valence-electron chi connectivity index (χ2n) is 5.46. The number of rotatable bonds is 1. The third kappa shape index (κ3) is 1.61. The molecule has 0 N–H and O–H groups in total. The highest BCUT2D eigenvalue weighted by atomic mass is 16.5. The van der Waals surface area contributed by atoms with Gasteiger partial charge in [0.2, 0.25) is 6.54 Å². The number of aromatic nitrogens is 1. The van der Waals surface area contributed by atoms with Crippen molar-refractivity contribution in [3.05, 3.63) is 53.9 Å². The van der Waals surface area contributed by atoms with Crippen LogP contribution in [0.5, 0.6) is 5.75 Å². The van der Waals surface area contributed by atoms with Gasteiger partial charge < -0.3 is 9.64 Å². The summed E-state index contributed by atoms with van der Waals surface area (Å²) in [5.74, 6) is 0.950. The van der Waals surface area contributed by atoms with E-state index in [4.69, 9.17) is 4.74 Å². The summed E-state index contributed by atoms with van der Waals surface area (Å²) in [4.78, 5) is 2.12. The van der Waals surface area contributed by atoms with E-state index in [1.165, 1.54) is 11.4 Å². The summed E-state index contributed by atoms with van der Waals surface area (Å²) < 4.78 is 10.6. The molecule has 2 aliphatic rings. The van der Waals surface area contributed by atoms with Gasteiger partial charge in [-0.05, 0) is 12.1 Å². The Labute approximate surface area is 118 Å². The lowest BCUT2D eigenvalue weighted by atomic mass is 10.2. The van der Waals surface area contributed by atoms with Gasteiger partial charge in [0.25, 0.3) is 5.69 Å². The average molecular weight is 267 g/mol. The Morgan fingerprint density at radius 3 is 2.90 bits per heavy atom. The van der Waals surface area contributed by atoms with Gasteiger partial charge in [-0.15, -0.1) is 4.58 Å². The van der Waals surface area contributed by atoms with E-state index in [1.807, 2.05) is 18.2 Å². The first kappa shape index (κ1) is 11.5. The summed E-state index contributed by atoms with van der Waals surface area (Å²) in [7, 11) is 4.13. The second-order valence-corrected chi connectivity index (χ2v) is 5.46. The van der Waals surface area contributed by atoms with Crippen molar-refractivity contribution in [2.24, 2.45) is 0 Å². The molecule has 1 atom stereocenters. The Morgan fingerprint density at radius 2 is 2.05 bits per heavy atom. The fourth-order valence-corrected chi connectivity index (χ4v) is 2.81. The number of nitrogens with zero attached hydrogens (tertiary/aromatic N) is 3. The number of hydrogen-bond donors (Lipinski definition) is 0. The van der Waals surface area contributed by atoms with Crippen LogP contribution >= 0.6 is 0 Å². The maximum absolute atomic E-state index is 6.13. The third-order valence-electron chi connectivity index (χ3n) is 3.89. The summed E-state index contributed by atoms with van der Waals surface area (Å²) in [6.45, 7) is 0.876. The normalized spacial score (nSPS) is 18.5. The molecule has 0 aliphatic carbocycles. The van der Waals surface area contributed by atoms with E-state index in [0.717, 1.165) is 17.9 Å². The second kappa shape index (κ2) is 4.07. The molecule has 4 rings (SSSR count). The standard InChI is InChI=1S/C16H17N3O/c1-17(2)13-7-8-19-14(9-13)11-18-10-12-5-3-4-6-15(12)20-16(18)19/h3-10,16H,11H2,1-2H3/q+2. The molecule has 0 amide bonds. The smallest absolute Gasteiger partial charge is 0.380 e. The topological polar surface area (TPSA) is 19.4 Å². The number of fused-ring (bicyclic) bond motifs is 4. The highest BCUT2D eigenvalue weighted by Crippen LogP contribution is 2.28. The molecule has 1 aromatic carbocycles. The van der Waals surface area contributed by atoms with Crippen LogP contribution in [-0.4, -0.2) is 24.9 Å². The van der Waals surface area contributed by atoms with E-state index in [9.17, 15) is 0 Å². The minimum absolute atomic E-state index is 0.0592. The molecule has 2 aliphatic heterocycles. The number of hydrogen-bond acceptors (Lipinski definition) is 2. The quantitative estimate of drug-likeness (QED) is 0.730. The first-order valence-electron chi connectivity index (χ1n) is 6.80. The highest BCUT2D eigenvalue weighted by molar-refractivity contribution is 5.80. The van der Waals surface area contributed by atoms with Crippen molar-refractivity contribution in [3.63, 3.8) is 0 Å². The minimum atomic E-state index is -0.0592. The van der Waals surface area contributed by atoms with Gasteiger partial charge in [0.1, 0.15) is 5.75 Å². The van der Waals surface area contributed by atoms with Crippen molar-refractivity contribution in [2.45, 2.75) is 12.9 Å². The van der Waals surface area contributed by atoms with Crippen LogP contribution in [0.25, 0.3) is 0 Å². The summed E-state index contributed by atoms with van der Waals surface area (Å²) >= 11 is 0. The van der Waals surface area contributed by atoms with Gasteiger partial charge in [0.15, 0.2) is 12.4 Å². The first-order valence-corrected chi connectivity index (χ1v) is 6.80. The number of benzene rings is 1. The SMILES string of the molecule is CN(C)c1cc[n+]2c(c1)C[N+]1=Cc3ccccc3OC12. The molecular formula is C16H17N3O+2. The molecule has 0 saturated carbocycles. The van der Waals surface area contributed by atoms with Gasteiger partial charge in [-0.1, -0.05) is 16.7 Å². The van der Waals surface area contributed by atoms with Crippen LogP contribution in [0.2, 0.25) is 0 Å². The summed E-state index contributed by atoms with van der Waals surface area (Å²) in [6, 6.07) is 12.5. The predicted molar refractivity (Wildman–Crippen MR) is 76.2 cm³/mol. The van der Waals surface area contributed by atoms with Crippen LogP contribution < -0.4 is 14.2 Å². The summed E-state index contributed by atoms with van der Waals surface area (Å²) in [5.41, 5.74) is 3.63. The first-order chi connectivity index (χ1) is 9.72. The van der Waals surface area contributed by atoms with E-state index >= 15 is 0 Å². The predicted octanol–water partition coefficient (Wildman–Crippen LogP) is 1.53. The van der Waals surface area contributed by atoms with Gasteiger partial charge in [0, 0.05) is 31.9 Å². The van der Waals surface area contributed by atoms with Crippen LogP contribution in [0.3, 0.4) is 0 Å². The minimum Gasteiger partial charge on any atom is -0.380 e. The average Bonchev–Trinajstić information content (AvgIpc) is 2.81. The van der Waals surface area contributed by atoms with E-state index in [1.54, 1.807) is 0 Å². The van der Waals surface area contributed by atoms with Crippen molar-refractivity contribution >= 4 is 11.9 Å². The van der Waals surface area contributed by atoms with Crippen LogP contribution in [-0.2, 0) is 6.54 Å². The van der Waals surface area contributed by atoms with Crippen LogP contribution in [0.15, 0.2) is 42.6 Å². The van der Waals surface area contributed by atoms with Crippen LogP contribution in [0.1, 0.15) is 17.6 Å². The van der Waals surface area contributed by atoms with Crippen molar-refractivity contribution in [3.8, 4) is 5.75 Å². The molecule has 2 aromatic rings. The largest absolute Gasteiger partial charge is 0.512 e. The molecule has 0 saturated heterocycles. The summed E-state index contributed by atoms with van der Waals surface area (Å²) in [5, 5.41) is 0. The molecule has 0 fully saturated rings.